The number of nitrogens with zero attached hydrogens (tertiary/aromatic N) is 1. The Kier molecular flexibility index (Phi) is 4.08. The van der Waals surface area contributed by atoms with E-state index in [0.717, 1.165) is 24.0 Å². The molecular weight excluding hydrogens is 316 g/mol. The third kappa shape index (κ3) is 2.95. The lowest BCUT2D eigenvalue weighted by Gasteiger charge is -2.32. The molecule has 0 saturated carbocycles. The topological polar surface area (TPSA) is 32.3 Å². The SMILES string of the molecule is C[C@@H]1c2ccsc2CCN1CC(=O)Nc1ccc2ccccc2c1. The third-order valence-corrected chi connectivity index (χ3v) is 5.78. The Morgan fingerprint density at radius 2 is 2.04 bits per heavy atom. The van der Waals surface area contributed by atoms with Crippen molar-refractivity contribution in [3.05, 3.63) is 64.4 Å². The lowest BCUT2D eigenvalue weighted by atomic mass is 10.0. The fraction of sp³-hybridized carbons (Fsp3) is 0.250. The normalized spacial score (nSPS) is 17.6. The molecule has 2 heterocycles. The number of anilines is 1. The van der Waals surface area contributed by atoms with Crippen LogP contribution in [0.2, 0.25) is 0 Å². The first-order chi connectivity index (χ1) is 11.7. The standard InChI is InChI=1S/C20H20N2OS/c1-14-18-9-11-24-19(18)8-10-22(14)13-20(23)21-17-7-6-15-4-2-3-5-16(15)12-17/h2-7,9,11-12,14H,8,10,13H2,1H3,(H,21,23)/t14-/m1/s1. The number of amides is 1. The van der Waals surface area contributed by atoms with Gasteiger partial charge < -0.3 is 5.32 Å². The van der Waals surface area contributed by atoms with E-state index in [4.69, 9.17) is 0 Å². The molecule has 122 valence electrons. The monoisotopic (exact) mass is 336 g/mol. The first-order valence-corrected chi connectivity index (χ1v) is 9.17. The summed E-state index contributed by atoms with van der Waals surface area (Å²) in [5, 5.41) is 7.52. The highest BCUT2D eigenvalue weighted by molar-refractivity contribution is 7.10. The van der Waals surface area contributed by atoms with E-state index in [-0.39, 0.29) is 5.91 Å². The minimum Gasteiger partial charge on any atom is -0.325 e. The zero-order chi connectivity index (χ0) is 16.5. The average Bonchev–Trinajstić information content (AvgIpc) is 3.07. The zero-order valence-electron chi connectivity index (χ0n) is 13.7. The molecule has 1 aliphatic rings. The molecule has 0 unspecified atom stereocenters. The number of nitrogens with one attached hydrogen (secondary N) is 1. The van der Waals surface area contributed by atoms with Crippen LogP contribution in [0.25, 0.3) is 10.8 Å². The maximum Gasteiger partial charge on any atom is 0.238 e. The van der Waals surface area contributed by atoms with Crippen molar-refractivity contribution in [2.45, 2.75) is 19.4 Å². The van der Waals surface area contributed by atoms with Gasteiger partial charge in [0, 0.05) is 23.2 Å². The van der Waals surface area contributed by atoms with Crippen LogP contribution in [0.15, 0.2) is 53.9 Å². The molecule has 4 heteroatoms. The number of thiophene rings is 1. The Balaban J connectivity index is 1.44. The van der Waals surface area contributed by atoms with Gasteiger partial charge in [-0.25, -0.2) is 0 Å². The van der Waals surface area contributed by atoms with Crippen LogP contribution in [0.1, 0.15) is 23.4 Å². The molecule has 1 atom stereocenters. The molecule has 0 fully saturated rings. The third-order valence-electron chi connectivity index (χ3n) is 4.78. The Bertz CT molecular complexity index is 886. The zero-order valence-corrected chi connectivity index (χ0v) is 14.5. The summed E-state index contributed by atoms with van der Waals surface area (Å²) in [6.45, 7) is 3.57. The highest BCUT2D eigenvalue weighted by atomic mass is 32.1. The second kappa shape index (κ2) is 6.38. The molecule has 0 bridgehead atoms. The van der Waals surface area contributed by atoms with E-state index >= 15 is 0 Å². The van der Waals surface area contributed by atoms with E-state index in [1.54, 1.807) is 0 Å². The lowest BCUT2D eigenvalue weighted by Crippen LogP contribution is -2.39. The van der Waals surface area contributed by atoms with Gasteiger partial charge >= 0.3 is 0 Å². The van der Waals surface area contributed by atoms with Crippen molar-refractivity contribution >= 4 is 33.7 Å². The number of fused-ring (bicyclic) bond motifs is 2. The molecule has 4 rings (SSSR count). The van der Waals surface area contributed by atoms with E-state index in [0.29, 0.717) is 12.6 Å². The van der Waals surface area contributed by atoms with Gasteiger partial charge in [-0.15, -0.1) is 11.3 Å². The molecule has 2 aromatic carbocycles. The second-order valence-electron chi connectivity index (χ2n) is 6.31. The molecule has 0 spiro atoms. The van der Waals surface area contributed by atoms with Gasteiger partial charge in [0.2, 0.25) is 5.91 Å². The Hall–Kier alpha value is -2.17. The summed E-state index contributed by atoms with van der Waals surface area (Å²) < 4.78 is 0. The second-order valence-corrected chi connectivity index (χ2v) is 7.31. The van der Waals surface area contributed by atoms with Crippen molar-refractivity contribution in [3.8, 4) is 0 Å². The van der Waals surface area contributed by atoms with Gasteiger partial charge in [0.25, 0.3) is 0 Å². The predicted molar refractivity (Wildman–Crippen MR) is 101 cm³/mol. The fourth-order valence-corrected chi connectivity index (χ4v) is 4.39. The highest BCUT2D eigenvalue weighted by Crippen LogP contribution is 2.32. The van der Waals surface area contributed by atoms with Gasteiger partial charge in [-0.05, 0) is 53.3 Å². The Morgan fingerprint density at radius 3 is 2.92 bits per heavy atom. The van der Waals surface area contributed by atoms with E-state index in [1.165, 1.54) is 15.8 Å². The van der Waals surface area contributed by atoms with Crippen molar-refractivity contribution in [1.82, 2.24) is 4.90 Å². The number of carbonyl (C=O) groups is 1. The summed E-state index contributed by atoms with van der Waals surface area (Å²) in [6, 6.07) is 16.7. The molecule has 1 aromatic heterocycles. The fourth-order valence-electron chi connectivity index (χ4n) is 3.43. The van der Waals surface area contributed by atoms with E-state index < -0.39 is 0 Å². The predicted octanol–water partition coefficient (Wildman–Crippen LogP) is 4.46. The van der Waals surface area contributed by atoms with Crippen molar-refractivity contribution in [3.63, 3.8) is 0 Å². The van der Waals surface area contributed by atoms with Crippen molar-refractivity contribution in [2.24, 2.45) is 0 Å². The first kappa shape index (κ1) is 15.4. The van der Waals surface area contributed by atoms with Gasteiger partial charge in [-0.1, -0.05) is 30.3 Å². The van der Waals surface area contributed by atoms with Crippen molar-refractivity contribution in [1.29, 1.82) is 0 Å². The molecule has 0 saturated heterocycles. The van der Waals surface area contributed by atoms with Gasteiger partial charge in [0.1, 0.15) is 0 Å². The molecule has 0 radical (unpaired) electrons. The lowest BCUT2D eigenvalue weighted by molar-refractivity contribution is -0.117. The van der Waals surface area contributed by atoms with Gasteiger partial charge in [-0.3, -0.25) is 9.69 Å². The smallest absolute Gasteiger partial charge is 0.238 e. The quantitative estimate of drug-likeness (QED) is 0.766. The van der Waals surface area contributed by atoms with Crippen molar-refractivity contribution < 1.29 is 4.79 Å². The summed E-state index contributed by atoms with van der Waals surface area (Å²) in [7, 11) is 0. The number of benzene rings is 2. The Morgan fingerprint density at radius 1 is 1.21 bits per heavy atom. The molecule has 1 aliphatic heterocycles. The maximum absolute atomic E-state index is 12.5. The summed E-state index contributed by atoms with van der Waals surface area (Å²) in [4.78, 5) is 16.2. The summed E-state index contributed by atoms with van der Waals surface area (Å²) >= 11 is 1.83. The van der Waals surface area contributed by atoms with Crippen LogP contribution in [0.3, 0.4) is 0 Å². The molecular formula is C20H20N2OS. The number of hydrogen-bond acceptors (Lipinski definition) is 3. The average molecular weight is 336 g/mol. The van der Waals surface area contributed by atoms with Crippen LogP contribution in [-0.4, -0.2) is 23.9 Å². The molecule has 1 amide bonds. The molecule has 3 nitrogen and oxygen atoms in total. The van der Waals surface area contributed by atoms with E-state index in [2.05, 4.69) is 40.7 Å². The molecule has 0 aliphatic carbocycles. The summed E-state index contributed by atoms with van der Waals surface area (Å²) in [5.41, 5.74) is 2.24. The molecule has 3 aromatic rings. The van der Waals surface area contributed by atoms with Gasteiger partial charge in [0.15, 0.2) is 0 Å². The van der Waals surface area contributed by atoms with Crippen LogP contribution in [0.5, 0.6) is 0 Å². The molecule has 24 heavy (non-hydrogen) atoms. The van der Waals surface area contributed by atoms with E-state index in [9.17, 15) is 4.79 Å². The van der Waals surface area contributed by atoms with Crippen LogP contribution in [0, 0.1) is 0 Å². The highest BCUT2D eigenvalue weighted by Gasteiger charge is 2.26. The summed E-state index contributed by atoms with van der Waals surface area (Å²) in [6.07, 6.45) is 1.04. The number of hydrogen-bond donors (Lipinski definition) is 1. The van der Waals surface area contributed by atoms with Gasteiger partial charge in [0.05, 0.1) is 6.54 Å². The van der Waals surface area contributed by atoms with Gasteiger partial charge in [-0.2, -0.15) is 0 Å². The molecule has 1 N–H and O–H groups in total. The van der Waals surface area contributed by atoms with Crippen LogP contribution in [-0.2, 0) is 11.2 Å². The maximum atomic E-state index is 12.5. The first-order valence-electron chi connectivity index (χ1n) is 8.30. The number of carbonyl (C=O) groups excluding carboxylic acids is 1. The van der Waals surface area contributed by atoms with E-state index in [1.807, 2.05) is 41.7 Å². The minimum atomic E-state index is 0.0517. The van der Waals surface area contributed by atoms with Crippen LogP contribution >= 0.6 is 11.3 Å². The largest absolute Gasteiger partial charge is 0.325 e. The minimum absolute atomic E-state index is 0.0517. The number of rotatable bonds is 3. The summed E-state index contributed by atoms with van der Waals surface area (Å²) in [5.74, 6) is 0.0517. The van der Waals surface area contributed by atoms with Crippen molar-refractivity contribution in [2.75, 3.05) is 18.4 Å². The van der Waals surface area contributed by atoms with Crippen LogP contribution < -0.4 is 5.32 Å². The Labute approximate surface area is 145 Å². The van der Waals surface area contributed by atoms with Crippen LogP contribution in [0.4, 0.5) is 5.69 Å².